The van der Waals surface area contributed by atoms with Gasteiger partial charge in [-0.15, -0.1) is 0 Å². The van der Waals surface area contributed by atoms with Crippen LogP contribution in [0.25, 0.3) is 0 Å². The number of aromatic nitrogens is 1. The van der Waals surface area contributed by atoms with E-state index in [2.05, 4.69) is 9.88 Å². The highest BCUT2D eigenvalue weighted by atomic mass is 16.5. The molecule has 4 nitrogen and oxygen atoms in total. The fraction of sp³-hybridized carbons (Fsp3) is 0.333. The lowest BCUT2D eigenvalue weighted by molar-refractivity contribution is 0.0982. The lowest BCUT2D eigenvalue weighted by atomic mass is 10.0. The molecule has 1 saturated heterocycles. The van der Waals surface area contributed by atoms with Crippen molar-refractivity contribution in [2.75, 3.05) is 31.2 Å². The second-order valence-electron chi connectivity index (χ2n) is 5.43. The quantitative estimate of drug-likeness (QED) is 0.796. The number of nitrogens with zero attached hydrogens (tertiary/aromatic N) is 2. The largest absolute Gasteiger partial charge is 0.378 e. The second-order valence-corrected chi connectivity index (χ2v) is 5.43. The summed E-state index contributed by atoms with van der Waals surface area (Å²) >= 11 is 0. The number of Topliss-reactive ketones (excluding diaryl/α,β-unsaturated/α-hetero) is 1. The molecule has 114 valence electrons. The molecule has 0 N–H and O–H groups in total. The van der Waals surface area contributed by atoms with Crippen molar-refractivity contribution in [1.29, 1.82) is 0 Å². The minimum atomic E-state index is 0.178. The summed E-state index contributed by atoms with van der Waals surface area (Å²) in [5, 5.41) is 0. The van der Waals surface area contributed by atoms with E-state index in [-0.39, 0.29) is 5.78 Å². The highest BCUT2D eigenvalue weighted by Gasteiger charge is 2.12. The molecule has 0 spiro atoms. The number of aryl methyl sites for hydroxylation is 1. The van der Waals surface area contributed by atoms with Gasteiger partial charge >= 0.3 is 0 Å². The topological polar surface area (TPSA) is 42.4 Å². The van der Waals surface area contributed by atoms with Gasteiger partial charge in [-0.05, 0) is 42.3 Å². The molecule has 1 aromatic carbocycles. The van der Waals surface area contributed by atoms with Crippen LogP contribution in [0.2, 0.25) is 0 Å². The molecular weight excluding hydrogens is 276 g/mol. The first-order chi connectivity index (χ1) is 10.8. The van der Waals surface area contributed by atoms with Crippen molar-refractivity contribution < 1.29 is 9.53 Å². The molecule has 0 bridgehead atoms. The average Bonchev–Trinajstić information content (AvgIpc) is 2.61. The van der Waals surface area contributed by atoms with Crippen LogP contribution in [-0.2, 0) is 11.2 Å². The Morgan fingerprint density at radius 2 is 1.91 bits per heavy atom. The van der Waals surface area contributed by atoms with Crippen LogP contribution in [0.15, 0.2) is 48.8 Å². The number of hydrogen-bond donors (Lipinski definition) is 0. The number of carbonyl (C=O) groups is 1. The van der Waals surface area contributed by atoms with Crippen LogP contribution in [0.5, 0.6) is 0 Å². The Morgan fingerprint density at radius 1 is 1.14 bits per heavy atom. The van der Waals surface area contributed by atoms with E-state index in [1.54, 1.807) is 6.20 Å². The van der Waals surface area contributed by atoms with Crippen molar-refractivity contribution in [2.24, 2.45) is 0 Å². The first kappa shape index (κ1) is 14.7. The summed E-state index contributed by atoms with van der Waals surface area (Å²) in [5.41, 5.74) is 3.04. The third-order valence-electron chi connectivity index (χ3n) is 3.93. The third kappa shape index (κ3) is 3.71. The standard InChI is InChI=1S/C18H20N2O2/c21-18(8-3-15-2-1-9-19-14-15)16-4-6-17(7-5-16)20-10-12-22-13-11-20/h1-2,4-7,9,14H,3,8,10-13H2. The molecule has 1 aliphatic rings. The average molecular weight is 296 g/mol. The van der Waals surface area contributed by atoms with Crippen LogP contribution < -0.4 is 4.90 Å². The number of rotatable bonds is 5. The van der Waals surface area contributed by atoms with Crippen LogP contribution in [0.1, 0.15) is 22.3 Å². The van der Waals surface area contributed by atoms with Crippen LogP contribution in [0, 0.1) is 0 Å². The SMILES string of the molecule is O=C(CCc1cccnc1)c1ccc(N2CCOCC2)cc1. The van der Waals surface area contributed by atoms with Crippen LogP contribution in [0.4, 0.5) is 5.69 Å². The number of morpholine rings is 1. The summed E-state index contributed by atoms with van der Waals surface area (Å²) in [6.45, 7) is 3.36. The predicted molar refractivity (Wildman–Crippen MR) is 86.4 cm³/mol. The van der Waals surface area contributed by atoms with E-state index in [0.29, 0.717) is 6.42 Å². The summed E-state index contributed by atoms with van der Waals surface area (Å²) in [6.07, 6.45) is 4.81. The summed E-state index contributed by atoms with van der Waals surface area (Å²) in [6, 6.07) is 11.8. The Kier molecular flexibility index (Phi) is 4.81. The van der Waals surface area contributed by atoms with E-state index < -0.39 is 0 Å². The number of ketones is 1. The van der Waals surface area contributed by atoms with Gasteiger partial charge in [0.25, 0.3) is 0 Å². The minimum absolute atomic E-state index is 0.178. The Balaban J connectivity index is 1.58. The zero-order chi connectivity index (χ0) is 15.2. The van der Waals surface area contributed by atoms with E-state index in [1.807, 2.05) is 42.6 Å². The first-order valence-electron chi connectivity index (χ1n) is 7.68. The number of anilines is 1. The molecule has 22 heavy (non-hydrogen) atoms. The third-order valence-corrected chi connectivity index (χ3v) is 3.93. The van der Waals surface area contributed by atoms with Crippen molar-refractivity contribution in [3.63, 3.8) is 0 Å². The van der Waals surface area contributed by atoms with E-state index in [1.165, 1.54) is 0 Å². The maximum atomic E-state index is 12.3. The van der Waals surface area contributed by atoms with Gasteiger partial charge in [-0.25, -0.2) is 0 Å². The van der Waals surface area contributed by atoms with Gasteiger partial charge in [-0.2, -0.15) is 0 Å². The number of pyridine rings is 1. The van der Waals surface area contributed by atoms with Crippen LogP contribution >= 0.6 is 0 Å². The summed E-state index contributed by atoms with van der Waals surface area (Å²) in [5.74, 6) is 0.178. The monoisotopic (exact) mass is 296 g/mol. The maximum absolute atomic E-state index is 12.3. The van der Waals surface area contributed by atoms with Gasteiger partial charge in [-0.1, -0.05) is 6.07 Å². The van der Waals surface area contributed by atoms with Crippen molar-refractivity contribution >= 4 is 11.5 Å². The van der Waals surface area contributed by atoms with E-state index in [4.69, 9.17) is 4.74 Å². The van der Waals surface area contributed by atoms with Gasteiger partial charge in [0, 0.05) is 43.2 Å². The molecule has 2 heterocycles. The molecule has 0 radical (unpaired) electrons. The molecule has 1 aromatic heterocycles. The molecule has 0 amide bonds. The van der Waals surface area contributed by atoms with Gasteiger partial charge in [0.05, 0.1) is 13.2 Å². The van der Waals surface area contributed by atoms with Crippen molar-refractivity contribution in [3.05, 3.63) is 59.9 Å². The number of carbonyl (C=O) groups excluding carboxylic acids is 1. The van der Waals surface area contributed by atoms with Gasteiger partial charge < -0.3 is 9.64 Å². The highest BCUT2D eigenvalue weighted by Crippen LogP contribution is 2.18. The Bertz CT molecular complexity index is 605. The second kappa shape index (κ2) is 7.18. The summed E-state index contributed by atoms with van der Waals surface area (Å²) < 4.78 is 5.36. The molecular formula is C18H20N2O2. The number of benzene rings is 1. The highest BCUT2D eigenvalue weighted by molar-refractivity contribution is 5.96. The Hall–Kier alpha value is -2.20. The number of ether oxygens (including phenoxy) is 1. The molecule has 0 unspecified atom stereocenters. The van der Waals surface area contributed by atoms with E-state index in [9.17, 15) is 4.79 Å². The molecule has 3 rings (SSSR count). The van der Waals surface area contributed by atoms with Crippen molar-refractivity contribution in [2.45, 2.75) is 12.8 Å². The normalized spacial score (nSPS) is 14.8. The molecule has 0 atom stereocenters. The van der Waals surface area contributed by atoms with E-state index in [0.717, 1.165) is 49.5 Å². The van der Waals surface area contributed by atoms with Crippen LogP contribution in [0.3, 0.4) is 0 Å². The van der Waals surface area contributed by atoms with Gasteiger partial charge in [0.2, 0.25) is 0 Å². The Labute approximate surface area is 130 Å². The Morgan fingerprint density at radius 3 is 2.59 bits per heavy atom. The molecule has 4 heteroatoms. The first-order valence-corrected chi connectivity index (χ1v) is 7.68. The molecule has 1 fully saturated rings. The van der Waals surface area contributed by atoms with E-state index >= 15 is 0 Å². The molecule has 0 saturated carbocycles. The summed E-state index contributed by atoms with van der Waals surface area (Å²) in [7, 11) is 0. The fourth-order valence-electron chi connectivity index (χ4n) is 2.63. The van der Waals surface area contributed by atoms with Gasteiger partial charge in [0.15, 0.2) is 5.78 Å². The molecule has 1 aliphatic heterocycles. The summed E-state index contributed by atoms with van der Waals surface area (Å²) in [4.78, 5) is 18.6. The van der Waals surface area contributed by atoms with Crippen molar-refractivity contribution in [1.82, 2.24) is 4.98 Å². The van der Waals surface area contributed by atoms with Gasteiger partial charge in [-0.3, -0.25) is 9.78 Å². The zero-order valence-corrected chi connectivity index (χ0v) is 12.6. The number of hydrogen-bond acceptors (Lipinski definition) is 4. The lowest BCUT2D eigenvalue weighted by Gasteiger charge is -2.28. The molecule has 2 aromatic rings. The predicted octanol–water partition coefficient (Wildman–Crippen LogP) is 2.73. The molecule has 0 aliphatic carbocycles. The van der Waals surface area contributed by atoms with Gasteiger partial charge in [0.1, 0.15) is 0 Å². The smallest absolute Gasteiger partial charge is 0.163 e. The minimum Gasteiger partial charge on any atom is -0.378 e. The fourth-order valence-corrected chi connectivity index (χ4v) is 2.63. The van der Waals surface area contributed by atoms with Crippen molar-refractivity contribution in [3.8, 4) is 0 Å². The lowest BCUT2D eigenvalue weighted by Crippen LogP contribution is -2.36. The maximum Gasteiger partial charge on any atom is 0.163 e. The zero-order valence-electron chi connectivity index (χ0n) is 12.6. The van der Waals surface area contributed by atoms with Crippen LogP contribution in [-0.4, -0.2) is 37.1 Å².